The topological polar surface area (TPSA) is 44.5 Å². The number of anilines is 1. The Hall–Kier alpha value is -1.00. The number of nitrogens with two attached hydrogens (primary N) is 1. The van der Waals surface area contributed by atoms with E-state index in [0.29, 0.717) is 15.9 Å². The van der Waals surface area contributed by atoms with Gasteiger partial charge in [0.2, 0.25) is 9.76 Å². The Balaban J connectivity index is 2.17. The normalized spacial score (nSPS) is 12.4. The third-order valence-corrected chi connectivity index (χ3v) is 3.13. The lowest BCUT2D eigenvalue weighted by Crippen LogP contribution is -2.14. The molecule has 0 aliphatic rings. The molecule has 1 rings (SSSR count). The fourth-order valence-corrected chi connectivity index (χ4v) is 2.20. The number of rotatable bonds is 8. The standard InChI is InChI=1S/C13H21NO2Si/c1-3-12(16-17-2)5-4-10-15-13-8-6-11(14)7-9-13/h6-9,12H,3-5,10,14H2,1-2H3. The number of hydrogen-bond donors (Lipinski definition) is 1. The van der Waals surface area contributed by atoms with Crippen molar-refractivity contribution in [3.63, 3.8) is 0 Å². The molecular formula is C13H21NO2Si. The minimum atomic E-state index is 0.383. The predicted molar refractivity (Wildman–Crippen MR) is 72.4 cm³/mol. The smallest absolute Gasteiger partial charge is 0.226 e. The van der Waals surface area contributed by atoms with E-state index >= 15 is 0 Å². The summed E-state index contributed by atoms with van der Waals surface area (Å²) in [5.74, 6) is 0.880. The van der Waals surface area contributed by atoms with E-state index in [4.69, 9.17) is 14.9 Å². The van der Waals surface area contributed by atoms with Gasteiger partial charge < -0.3 is 14.9 Å². The molecule has 0 saturated carbocycles. The van der Waals surface area contributed by atoms with Crippen molar-refractivity contribution < 1.29 is 9.16 Å². The van der Waals surface area contributed by atoms with Crippen LogP contribution in [0.2, 0.25) is 6.55 Å². The third kappa shape index (κ3) is 5.75. The first-order valence-corrected chi connectivity index (χ1v) is 7.47. The Kier molecular flexibility index (Phi) is 6.73. The molecule has 0 heterocycles. The zero-order valence-corrected chi connectivity index (χ0v) is 11.6. The molecule has 0 aromatic heterocycles. The van der Waals surface area contributed by atoms with Crippen molar-refractivity contribution in [2.75, 3.05) is 12.3 Å². The van der Waals surface area contributed by atoms with E-state index in [2.05, 4.69) is 13.5 Å². The highest BCUT2D eigenvalue weighted by Crippen LogP contribution is 2.14. The fraction of sp³-hybridized carbons (Fsp3) is 0.538. The molecule has 0 aliphatic carbocycles. The second-order valence-corrected chi connectivity index (χ2v) is 4.56. The molecule has 1 unspecified atom stereocenters. The molecule has 1 atom stereocenters. The number of ether oxygens (including phenoxy) is 1. The van der Waals surface area contributed by atoms with Gasteiger partial charge in [0.15, 0.2) is 0 Å². The van der Waals surface area contributed by atoms with E-state index in [1.54, 1.807) is 0 Å². The molecule has 2 radical (unpaired) electrons. The summed E-state index contributed by atoms with van der Waals surface area (Å²) < 4.78 is 11.2. The van der Waals surface area contributed by atoms with Crippen LogP contribution in [0.4, 0.5) is 5.69 Å². The lowest BCUT2D eigenvalue weighted by atomic mass is 10.1. The van der Waals surface area contributed by atoms with Crippen molar-refractivity contribution in [2.24, 2.45) is 0 Å². The zero-order chi connectivity index (χ0) is 12.5. The summed E-state index contributed by atoms with van der Waals surface area (Å²) in [6, 6.07) is 7.50. The number of nitrogen functional groups attached to an aromatic ring is 1. The van der Waals surface area contributed by atoms with E-state index in [0.717, 1.165) is 37.3 Å². The Bertz CT molecular complexity index is 303. The maximum absolute atomic E-state index is 5.63. The second kappa shape index (κ2) is 8.14. The first-order chi connectivity index (χ1) is 8.26. The van der Waals surface area contributed by atoms with E-state index in [1.165, 1.54) is 0 Å². The minimum absolute atomic E-state index is 0.383. The van der Waals surface area contributed by atoms with Gasteiger partial charge in [-0.1, -0.05) is 6.92 Å². The van der Waals surface area contributed by atoms with Gasteiger partial charge in [-0.3, -0.25) is 0 Å². The molecule has 0 fully saturated rings. The summed E-state index contributed by atoms with van der Waals surface area (Å²) in [6.45, 7) is 4.95. The van der Waals surface area contributed by atoms with Crippen molar-refractivity contribution in [1.82, 2.24) is 0 Å². The van der Waals surface area contributed by atoms with Crippen LogP contribution >= 0.6 is 0 Å². The molecule has 0 saturated heterocycles. The van der Waals surface area contributed by atoms with Gasteiger partial charge in [0.05, 0.1) is 6.61 Å². The van der Waals surface area contributed by atoms with E-state index in [1.807, 2.05) is 24.3 Å². The highest BCUT2D eigenvalue weighted by molar-refractivity contribution is 6.24. The first-order valence-electron chi connectivity index (χ1n) is 6.07. The molecule has 3 nitrogen and oxygen atoms in total. The van der Waals surface area contributed by atoms with Crippen molar-refractivity contribution >= 4 is 15.5 Å². The van der Waals surface area contributed by atoms with Crippen LogP contribution in [0.25, 0.3) is 0 Å². The van der Waals surface area contributed by atoms with Gasteiger partial charge in [-0.25, -0.2) is 0 Å². The van der Waals surface area contributed by atoms with Gasteiger partial charge in [0, 0.05) is 11.8 Å². The quantitative estimate of drug-likeness (QED) is 0.439. The molecule has 1 aromatic carbocycles. The summed E-state index contributed by atoms with van der Waals surface area (Å²) in [7, 11) is 0.573. The summed E-state index contributed by atoms with van der Waals surface area (Å²) in [5.41, 5.74) is 6.37. The highest BCUT2D eigenvalue weighted by Gasteiger charge is 2.05. The lowest BCUT2D eigenvalue weighted by molar-refractivity contribution is 0.181. The second-order valence-electron chi connectivity index (χ2n) is 3.91. The zero-order valence-electron chi connectivity index (χ0n) is 10.6. The Labute approximate surface area is 106 Å². The van der Waals surface area contributed by atoms with Gasteiger partial charge in [0.25, 0.3) is 0 Å². The van der Waals surface area contributed by atoms with Gasteiger partial charge in [-0.2, -0.15) is 0 Å². The third-order valence-electron chi connectivity index (χ3n) is 2.56. The van der Waals surface area contributed by atoms with Crippen molar-refractivity contribution in [1.29, 1.82) is 0 Å². The minimum Gasteiger partial charge on any atom is -0.494 e. The molecule has 2 N–H and O–H groups in total. The number of hydrogen-bond acceptors (Lipinski definition) is 3. The van der Waals surface area contributed by atoms with Gasteiger partial charge in [0.1, 0.15) is 5.75 Å². The molecule has 1 aromatic rings. The highest BCUT2D eigenvalue weighted by atomic mass is 28.2. The molecule has 94 valence electrons. The Morgan fingerprint density at radius 1 is 1.29 bits per heavy atom. The molecule has 0 aliphatic heterocycles. The molecule has 4 heteroatoms. The molecule has 0 amide bonds. The molecular weight excluding hydrogens is 230 g/mol. The summed E-state index contributed by atoms with van der Waals surface area (Å²) in [5, 5.41) is 0. The number of benzene rings is 1. The van der Waals surface area contributed by atoms with Gasteiger partial charge >= 0.3 is 0 Å². The maximum Gasteiger partial charge on any atom is 0.226 e. The largest absolute Gasteiger partial charge is 0.494 e. The lowest BCUT2D eigenvalue weighted by Gasteiger charge is -2.14. The molecule has 0 spiro atoms. The van der Waals surface area contributed by atoms with Crippen molar-refractivity contribution in [3.05, 3.63) is 24.3 Å². The summed E-state index contributed by atoms with van der Waals surface area (Å²) in [6.07, 6.45) is 3.54. The predicted octanol–water partition coefficient (Wildman–Crippen LogP) is 2.89. The van der Waals surface area contributed by atoms with E-state index in [-0.39, 0.29) is 0 Å². The Morgan fingerprint density at radius 3 is 2.59 bits per heavy atom. The fourth-order valence-electron chi connectivity index (χ4n) is 1.58. The van der Waals surface area contributed by atoms with Crippen LogP contribution in [-0.4, -0.2) is 22.5 Å². The van der Waals surface area contributed by atoms with Crippen molar-refractivity contribution in [3.8, 4) is 5.75 Å². The van der Waals surface area contributed by atoms with Crippen molar-refractivity contribution in [2.45, 2.75) is 38.8 Å². The average molecular weight is 251 g/mol. The summed E-state index contributed by atoms with van der Waals surface area (Å²) >= 11 is 0. The van der Waals surface area contributed by atoms with Crippen LogP contribution in [0.5, 0.6) is 5.75 Å². The molecule has 0 bridgehead atoms. The monoisotopic (exact) mass is 251 g/mol. The van der Waals surface area contributed by atoms with E-state index < -0.39 is 0 Å². The van der Waals surface area contributed by atoms with Gasteiger partial charge in [-0.15, -0.1) is 0 Å². The van der Waals surface area contributed by atoms with Crippen LogP contribution in [0.15, 0.2) is 24.3 Å². The van der Waals surface area contributed by atoms with Crippen LogP contribution in [0.1, 0.15) is 26.2 Å². The maximum atomic E-state index is 5.63. The van der Waals surface area contributed by atoms with Crippen LogP contribution in [-0.2, 0) is 4.43 Å². The van der Waals surface area contributed by atoms with Crippen LogP contribution < -0.4 is 10.5 Å². The summed E-state index contributed by atoms with van der Waals surface area (Å²) in [4.78, 5) is 0. The van der Waals surface area contributed by atoms with E-state index in [9.17, 15) is 0 Å². The van der Waals surface area contributed by atoms with Gasteiger partial charge in [-0.05, 0) is 50.1 Å². The first kappa shape index (κ1) is 14.1. The molecule has 17 heavy (non-hydrogen) atoms. The SMILES string of the molecule is CCC(CCCOc1ccc(N)cc1)O[Si]C. The average Bonchev–Trinajstić information content (AvgIpc) is 2.35. The van der Waals surface area contributed by atoms with Crippen LogP contribution in [0, 0.1) is 0 Å². The van der Waals surface area contributed by atoms with Crippen LogP contribution in [0.3, 0.4) is 0 Å². The Morgan fingerprint density at radius 2 is 2.00 bits per heavy atom.